The highest BCUT2D eigenvalue weighted by atomic mass is 16.5. The minimum atomic E-state index is -0.160. The molecule has 1 heterocycles. The maximum atomic E-state index is 5.77. The van der Waals surface area contributed by atoms with Crippen molar-refractivity contribution in [2.24, 2.45) is 0 Å². The van der Waals surface area contributed by atoms with Crippen LogP contribution in [0.2, 0.25) is 0 Å². The van der Waals surface area contributed by atoms with Gasteiger partial charge in [-0.05, 0) is 57.2 Å². The molecule has 0 N–H and O–H groups in total. The molecule has 0 fully saturated rings. The van der Waals surface area contributed by atoms with Gasteiger partial charge in [0.1, 0.15) is 11.4 Å². The van der Waals surface area contributed by atoms with Crippen LogP contribution in [0.15, 0.2) is 48.7 Å². The van der Waals surface area contributed by atoms with E-state index in [2.05, 4.69) is 4.98 Å². The SMILES string of the molecule is CC(C)(C)Oc1ccc(-c2ccccn2)cc1. The standard InChI is InChI=1S/C15H17NO/c1-15(2,3)17-13-9-7-12(8-10-13)14-6-4-5-11-16-14/h4-11H,1-3H3. The van der Waals surface area contributed by atoms with E-state index < -0.39 is 0 Å². The Balaban J connectivity index is 2.19. The Hall–Kier alpha value is -1.83. The third-order valence-corrected chi connectivity index (χ3v) is 2.24. The molecule has 2 heteroatoms. The number of nitrogens with zero attached hydrogens (tertiary/aromatic N) is 1. The Morgan fingerprint density at radius 1 is 0.941 bits per heavy atom. The van der Waals surface area contributed by atoms with Crippen molar-refractivity contribution >= 4 is 0 Å². The summed E-state index contributed by atoms with van der Waals surface area (Å²) in [6.45, 7) is 6.12. The first-order valence-electron chi connectivity index (χ1n) is 5.75. The van der Waals surface area contributed by atoms with E-state index in [1.807, 2.05) is 63.2 Å². The number of ether oxygens (including phenoxy) is 1. The lowest BCUT2D eigenvalue weighted by Crippen LogP contribution is -2.22. The minimum absolute atomic E-state index is 0.160. The highest BCUT2D eigenvalue weighted by Crippen LogP contribution is 2.22. The summed E-state index contributed by atoms with van der Waals surface area (Å²) in [5.74, 6) is 0.886. The van der Waals surface area contributed by atoms with Gasteiger partial charge in [0.05, 0.1) is 5.69 Å². The molecule has 17 heavy (non-hydrogen) atoms. The topological polar surface area (TPSA) is 22.1 Å². The van der Waals surface area contributed by atoms with Gasteiger partial charge in [-0.2, -0.15) is 0 Å². The molecule has 1 aromatic heterocycles. The second-order valence-corrected chi connectivity index (χ2v) is 4.95. The molecule has 0 aliphatic rings. The maximum absolute atomic E-state index is 5.77. The normalized spacial score (nSPS) is 11.2. The van der Waals surface area contributed by atoms with Crippen molar-refractivity contribution in [3.8, 4) is 17.0 Å². The fraction of sp³-hybridized carbons (Fsp3) is 0.267. The third kappa shape index (κ3) is 3.31. The van der Waals surface area contributed by atoms with Crippen molar-refractivity contribution in [2.75, 3.05) is 0 Å². The lowest BCUT2D eigenvalue weighted by Gasteiger charge is -2.21. The minimum Gasteiger partial charge on any atom is -0.488 e. The molecule has 0 bridgehead atoms. The average Bonchev–Trinajstić information content (AvgIpc) is 2.29. The zero-order valence-corrected chi connectivity index (χ0v) is 10.5. The molecule has 0 saturated heterocycles. The summed E-state index contributed by atoms with van der Waals surface area (Å²) >= 11 is 0. The van der Waals surface area contributed by atoms with Gasteiger partial charge >= 0.3 is 0 Å². The molecular formula is C15H17NO. The summed E-state index contributed by atoms with van der Waals surface area (Å²) in [5.41, 5.74) is 1.92. The van der Waals surface area contributed by atoms with E-state index in [0.29, 0.717) is 0 Å². The molecule has 2 rings (SSSR count). The number of hydrogen-bond donors (Lipinski definition) is 0. The molecule has 0 aliphatic carbocycles. The van der Waals surface area contributed by atoms with Gasteiger partial charge in [-0.3, -0.25) is 4.98 Å². The molecule has 0 unspecified atom stereocenters. The van der Waals surface area contributed by atoms with Crippen LogP contribution in [-0.4, -0.2) is 10.6 Å². The molecule has 2 aromatic rings. The number of pyridine rings is 1. The molecule has 88 valence electrons. The zero-order valence-electron chi connectivity index (χ0n) is 10.5. The lowest BCUT2D eigenvalue weighted by molar-refractivity contribution is 0.131. The molecular weight excluding hydrogens is 210 g/mol. The first-order chi connectivity index (χ1) is 8.04. The number of aromatic nitrogens is 1. The summed E-state index contributed by atoms with van der Waals surface area (Å²) < 4.78 is 5.77. The largest absolute Gasteiger partial charge is 0.488 e. The molecule has 1 aromatic carbocycles. The summed E-state index contributed by atoms with van der Waals surface area (Å²) in [6.07, 6.45) is 1.80. The van der Waals surface area contributed by atoms with Crippen molar-refractivity contribution in [3.05, 3.63) is 48.7 Å². The Bertz CT molecular complexity index is 469. The number of hydrogen-bond acceptors (Lipinski definition) is 2. The summed E-state index contributed by atoms with van der Waals surface area (Å²) in [4.78, 5) is 4.31. The summed E-state index contributed by atoms with van der Waals surface area (Å²) in [7, 11) is 0. The van der Waals surface area contributed by atoms with Crippen LogP contribution in [0.1, 0.15) is 20.8 Å². The Morgan fingerprint density at radius 2 is 1.65 bits per heavy atom. The zero-order chi connectivity index (χ0) is 12.3. The molecule has 0 saturated carbocycles. The van der Waals surface area contributed by atoms with Gasteiger partial charge < -0.3 is 4.74 Å². The van der Waals surface area contributed by atoms with Crippen molar-refractivity contribution in [3.63, 3.8) is 0 Å². The Labute approximate surface area is 102 Å². The predicted octanol–water partition coefficient (Wildman–Crippen LogP) is 3.93. The number of rotatable bonds is 2. The first-order valence-corrected chi connectivity index (χ1v) is 5.75. The van der Waals surface area contributed by atoms with Gasteiger partial charge in [0.2, 0.25) is 0 Å². The van der Waals surface area contributed by atoms with Gasteiger partial charge in [-0.15, -0.1) is 0 Å². The van der Waals surface area contributed by atoms with Crippen LogP contribution in [0, 0.1) is 0 Å². The number of benzene rings is 1. The van der Waals surface area contributed by atoms with Crippen LogP contribution in [0.25, 0.3) is 11.3 Å². The lowest BCUT2D eigenvalue weighted by atomic mass is 10.1. The fourth-order valence-electron chi connectivity index (χ4n) is 1.58. The average molecular weight is 227 g/mol. The third-order valence-electron chi connectivity index (χ3n) is 2.24. The van der Waals surface area contributed by atoms with Crippen LogP contribution in [0.4, 0.5) is 0 Å². The molecule has 0 atom stereocenters. The van der Waals surface area contributed by atoms with Crippen LogP contribution in [0.3, 0.4) is 0 Å². The van der Waals surface area contributed by atoms with E-state index in [-0.39, 0.29) is 5.60 Å². The van der Waals surface area contributed by atoms with Crippen molar-refractivity contribution in [2.45, 2.75) is 26.4 Å². The van der Waals surface area contributed by atoms with E-state index in [0.717, 1.165) is 17.0 Å². The molecule has 2 nitrogen and oxygen atoms in total. The highest BCUT2D eigenvalue weighted by Gasteiger charge is 2.11. The van der Waals surface area contributed by atoms with E-state index in [1.54, 1.807) is 6.20 Å². The highest BCUT2D eigenvalue weighted by molar-refractivity contribution is 5.59. The second-order valence-electron chi connectivity index (χ2n) is 4.95. The fourth-order valence-corrected chi connectivity index (χ4v) is 1.58. The summed E-state index contributed by atoms with van der Waals surface area (Å²) in [6, 6.07) is 13.9. The first kappa shape index (κ1) is 11.6. The van der Waals surface area contributed by atoms with E-state index >= 15 is 0 Å². The maximum Gasteiger partial charge on any atom is 0.120 e. The van der Waals surface area contributed by atoms with E-state index in [4.69, 9.17) is 4.74 Å². The smallest absolute Gasteiger partial charge is 0.120 e. The predicted molar refractivity (Wildman–Crippen MR) is 70.1 cm³/mol. The van der Waals surface area contributed by atoms with Gasteiger partial charge in [0, 0.05) is 11.8 Å². The van der Waals surface area contributed by atoms with Crippen LogP contribution < -0.4 is 4.74 Å². The molecule has 0 spiro atoms. The van der Waals surface area contributed by atoms with Crippen molar-refractivity contribution < 1.29 is 4.74 Å². The van der Waals surface area contributed by atoms with Crippen LogP contribution >= 0.6 is 0 Å². The van der Waals surface area contributed by atoms with Gasteiger partial charge in [0.25, 0.3) is 0 Å². The Morgan fingerprint density at radius 3 is 2.18 bits per heavy atom. The van der Waals surface area contributed by atoms with Gasteiger partial charge in [0.15, 0.2) is 0 Å². The Kier molecular flexibility index (Phi) is 3.14. The van der Waals surface area contributed by atoms with Gasteiger partial charge in [-0.25, -0.2) is 0 Å². The molecule has 0 radical (unpaired) electrons. The second kappa shape index (κ2) is 4.58. The monoisotopic (exact) mass is 227 g/mol. The van der Waals surface area contributed by atoms with Crippen molar-refractivity contribution in [1.82, 2.24) is 4.98 Å². The molecule has 0 amide bonds. The molecule has 0 aliphatic heterocycles. The van der Waals surface area contributed by atoms with Gasteiger partial charge in [-0.1, -0.05) is 6.07 Å². The quantitative estimate of drug-likeness (QED) is 0.775. The van der Waals surface area contributed by atoms with E-state index in [1.165, 1.54) is 0 Å². The summed E-state index contributed by atoms with van der Waals surface area (Å²) in [5, 5.41) is 0. The van der Waals surface area contributed by atoms with Crippen LogP contribution in [-0.2, 0) is 0 Å². The van der Waals surface area contributed by atoms with Crippen molar-refractivity contribution in [1.29, 1.82) is 0 Å². The van der Waals surface area contributed by atoms with E-state index in [9.17, 15) is 0 Å². The van der Waals surface area contributed by atoms with Crippen LogP contribution in [0.5, 0.6) is 5.75 Å².